The van der Waals surface area contributed by atoms with Gasteiger partial charge in [0.2, 0.25) is 5.91 Å². The fraction of sp³-hybridized carbons (Fsp3) is 0.333. The molecule has 1 unspecified atom stereocenters. The summed E-state index contributed by atoms with van der Waals surface area (Å²) in [5, 5.41) is 0. The first-order chi connectivity index (χ1) is 12.6. The second-order valence-corrected chi connectivity index (χ2v) is 6.56. The van der Waals surface area contributed by atoms with Gasteiger partial charge < -0.3 is 14.5 Å². The van der Waals surface area contributed by atoms with Crippen LogP contribution >= 0.6 is 0 Å². The minimum Gasteiger partial charge on any atom is -0.484 e. The summed E-state index contributed by atoms with van der Waals surface area (Å²) in [7, 11) is 1.64. The largest absolute Gasteiger partial charge is 0.484 e. The molecule has 5 nitrogen and oxygen atoms in total. The van der Waals surface area contributed by atoms with Gasteiger partial charge in [-0.3, -0.25) is 9.59 Å². The van der Waals surface area contributed by atoms with Crippen LogP contribution in [0.4, 0.5) is 0 Å². The highest BCUT2D eigenvalue weighted by Gasteiger charge is 2.28. The van der Waals surface area contributed by atoms with Crippen molar-refractivity contribution < 1.29 is 14.3 Å². The molecule has 0 bridgehead atoms. The standard InChI is InChI=1S/C21H24N2O3/c1-16-19-11-7-6-8-17(19)12-13-23(16)20(24)14-22(2)21(25)15-26-18-9-4-3-5-10-18/h3-11,16H,12-15H2,1-2H3. The van der Waals surface area contributed by atoms with Crippen molar-refractivity contribution in [2.45, 2.75) is 19.4 Å². The molecule has 2 amide bonds. The lowest BCUT2D eigenvalue weighted by Crippen LogP contribution is -2.45. The zero-order valence-corrected chi connectivity index (χ0v) is 15.2. The average molecular weight is 352 g/mol. The highest BCUT2D eigenvalue weighted by atomic mass is 16.5. The van der Waals surface area contributed by atoms with E-state index in [0.717, 1.165) is 6.42 Å². The van der Waals surface area contributed by atoms with E-state index in [4.69, 9.17) is 4.74 Å². The highest BCUT2D eigenvalue weighted by molar-refractivity contribution is 5.85. The van der Waals surface area contributed by atoms with E-state index in [2.05, 4.69) is 12.1 Å². The molecule has 0 aromatic heterocycles. The summed E-state index contributed by atoms with van der Waals surface area (Å²) in [5.74, 6) is 0.386. The number of carbonyl (C=O) groups excluding carboxylic acids is 2. The van der Waals surface area contributed by atoms with Crippen LogP contribution in [0.1, 0.15) is 24.1 Å². The molecule has 0 saturated heterocycles. The van der Waals surface area contributed by atoms with Crippen molar-refractivity contribution in [2.75, 3.05) is 26.7 Å². The second-order valence-electron chi connectivity index (χ2n) is 6.56. The zero-order valence-electron chi connectivity index (χ0n) is 15.2. The number of amides is 2. The molecule has 2 aromatic carbocycles. The van der Waals surface area contributed by atoms with Crippen LogP contribution in [0.5, 0.6) is 5.75 Å². The molecule has 0 spiro atoms. The van der Waals surface area contributed by atoms with Gasteiger partial charge in [-0.15, -0.1) is 0 Å². The van der Waals surface area contributed by atoms with Gasteiger partial charge in [-0.2, -0.15) is 0 Å². The van der Waals surface area contributed by atoms with Crippen LogP contribution in [0.25, 0.3) is 0 Å². The van der Waals surface area contributed by atoms with Crippen LogP contribution in [0.15, 0.2) is 54.6 Å². The molecule has 5 heteroatoms. The third-order valence-electron chi connectivity index (χ3n) is 4.82. The molecule has 2 aromatic rings. The van der Waals surface area contributed by atoms with Gasteiger partial charge in [0.25, 0.3) is 5.91 Å². The lowest BCUT2D eigenvalue weighted by Gasteiger charge is -2.36. The topological polar surface area (TPSA) is 49.9 Å². The Balaban J connectivity index is 1.55. The molecule has 1 aliphatic heterocycles. The summed E-state index contributed by atoms with van der Waals surface area (Å²) >= 11 is 0. The minimum atomic E-state index is -0.215. The molecule has 136 valence electrons. The van der Waals surface area contributed by atoms with Gasteiger partial charge in [0, 0.05) is 13.6 Å². The van der Waals surface area contributed by atoms with Gasteiger partial charge in [0.15, 0.2) is 6.61 Å². The van der Waals surface area contributed by atoms with Crippen LogP contribution in [-0.4, -0.2) is 48.4 Å². The molecule has 3 rings (SSSR count). The fourth-order valence-corrected chi connectivity index (χ4v) is 3.27. The van der Waals surface area contributed by atoms with Crippen molar-refractivity contribution in [1.29, 1.82) is 0 Å². The van der Waals surface area contributed by atoms with E-state index in [1.54, 1.807) is 19.2 Å². The summed E-state index contributed by atoms with van der Waals surface area (Å²) in [6, 6.07) is 17.4. The number of para-hydroxylation sites is 1. The number of rotatable bonds is 5. The van der Waals surface area contributed by atoms with Crippen LogP contribution in [0.3, 0.4) is 0 Å². The van der Waals surface area contributed by atoms with E-state index in [1.165, 1.54) is 16.0 Å². The van der Waals surface area contributed by atoms with Crippen molar-refractivity contribution in [2.24, 2.45) is 0 Å². The Morgan fingerprint density at radius 2 is 1.81 bits per heavy atom. The van der Waals surface area contributed by atoms with E-state index in [-0.39, 0.29) is 31.0 Å². The van der Waals surface area contributed by atoms with E-state index in [9.17, 15) is 9.59 Å². The lowest BCUT2D eigenvalue weighted by atomic mass is 9.93. The summed E-state index contributed by atoms with van der Waals surface area (Å²) < 4.78 is 5.47. The SMILES string of the molecule is CC1c2ccccc2CCN1C(=O)CN(C)C(=O)COc1ccccc1. The maximum Gasteiger partial charge on any atom is 0.260 e. The van der Waals surface area contributed by atoms with Crippen molar-refractivity contribution in [3.63, 3.8) is 0 Å². The zero-order chi connectivity index (χ0) is 18.5. The highest BCUT2D eigenvalue weighted by Crippen LogP contribution is 2.29. The molecule has 0 saturated carbocycles. The Kier molecular flexibility index (Phi) is 5.56. The van der Waals surface area contributed by atoms with Crippen molar-refractivity contribution >= 4 is 11.8 Å². The van der Waals surface area contributed by atoms with Gasteiger partial charge in [0.05, 0.1) is 12.6 Å². The van der Waals surface area contributed by atoms with E-state index >= 15 is 0 Å². The average Bonchev–Trinajstić information content (AvgIpc) is 2.67. The predicted molar refractivity (Wildman–Crippen MR) is 99.8 cm³/mol. The maximum atomic E-state index is 12.7. The molecule has 0 aliphatic carbocycles. The first-order valence-corrected chi connectivity index (χ1v) is 8.85. The van der Waals surface area contributed by atoms with Gasteiger partial charge in [-0.05, 0) is 36.6 Å². The smallest absolute Gasteiger partial charge is 0.260 e. The van der Waals surface area contributed by atoms with E-state index in [0.29, 0.717) is 12.3 Å². The van der Waals surface area contributed by atoms with Crippen LogP contribution in [0.2, 0.25) is 0 Å². The number of ether oxygens (including phenoxy) is 1. The predicted octanol–water partition coefficient (Wildman–Crippen LogP) is 2.67. The fourth-order valence-electron chi connectivity index (χ4n) is 3.27. The summed E-state index contributed by atoms with van der Waals surface area (Å²) in [4.78, 5) is 28.2. The van der Waals surface area contributed by atoms with Crippen LogP contribution in [0, 0.1) is 0 Å². The number of benzene rings is 2. The maximum absolute atomic E-state index is 12.7. The molecule has 0 radical (unpaired) electrons. The Bertz CT molecular complexity index is 776. The molecule has 0 N–H and O–H groups in total. The van der Waals surface area contributed by atoms with E-state index < -0.39 is 0 Å². The molecular formula is C21H24N2O3. The number of hydrogen-bond donors (Lipinski definition) is 0. The molecule has 1 atom stereocenters. The molecular weight excluding hydrogens is 328 g/mol. The summed E-state index contributed by atoms with van der Waals surface area (Å²) in [6.45, 7) is 2.70. The first kappa shape index (κ1) is 18.0. The minimum absolute atomic E-state index is 0.0246. The Morgan fingerprint density at radius 3 is 2.58 bits per heavy atom. The normalized spacial score (nSPS) is 15.9. The van der Waals surface area contributed by atoms with Gasteiger partial charge in [-0.25, -0.2) is 0 Å². The molecule has 1 aliphatic rings. The first-order valence-electron chi connectivity index (χ1n) is 8.85. The van der Waals surface area contributed by atoms with Gasteiger partial charge in [0.1, 0.15) is 5.75 Å². The third kappa shape index (κ3) is 4.04. The van der Waals surface area contributed by atoms with E-state index in [1.807, 2.05) is 42.2 Å². The van der Waals surface area contributed by atoms with Gasteiger partial charge in [-0.1, -0.05) is 42.5 Å². The monoisotopic (exact) mass is 352 g/mol. The lowest BCUT2D eigenvalue weighted by molar-refractivity contribution is -0.141. The summed E-state index contributed by atoms with van der Waals surface area (Å²) in [5.41, 5.74) is 2.48. The Labute approximate surface area is 154 Å². The van der Waals surface area contributed by atoms with Crippen molar-refractivity contribution in [3.8, 4) is 5.75 Å². The van der Waals surface area contributed by atoms with Crippen LogP contribution < -0.4 is 4.74 Å². The van der Waals surface area contributed by atoms with Gasteiger partial charge >= 0.3 is 0 Å². The number of carbonyl (C=O) groups is 2. The number of likely N-dealkylation sites (N-methyl/N-ethyl adjacent to an activating group) is 1. The molecule has 26 heavy (non-hydrogen) atoms. The third-order valence-corrected chi connectivity index (χ3v) is 4.82. The summed E-state index contributed by atoms with van der Waals surface area (Å²) in [6.07, 6.45) is 0.848. The Morgan fingerprint density at radius 1 is 1.12 bits per heavy atom. The van der Waals surface area contributed by atoms with Crippen molar-refractivity contribution in [3.05, 3.63) is 65.7 Å². The quantitative estimate of drug-likeness (QED) is 0.831. The number of hydrogen-bond acceptors (Lipinski definition) is 3. The van der Waals surface area contributed by atoms with Crippen LogP contribution in [-0.2, 0) is 16.0 Å². The van der Waals surface area contributed by atoms with Crippen molar-refractivity contribution in [1.82, 2.24) is 9.80 Å². The number of fused-ring (bicyclic) bond motifs is 1. The second kappa shape index (κ2) is 8.04. The molecule has 1 heterocycles. The number of nitrogens with zero attached hydrogens (tertiary/aromatic N) is 2. The molecule has 0 fully saturated rings. The Hall–Kier alpha value is -2.82.